The molecule has 0 aromatic heterocycles. The van der Waals surface area contributed by atoms with E-state index in [0.29, 0.717) is 13.2 Å². The molecule has 0 radical (unpaired) electrons. The first-order valence-electron chi connectivity index (χ1n) is 11.9. The Balaban J connectivity index is 0.000000695. The molecule has 4 N–H and O–H groups in total. The molecular formula is C28H30BF4NO2P+. The second-order valence-electron chi connectivity index (χ2n) is 8.28. The van der Waals surface area contributed by atoms with Crippen LogP contribution in [-0.2, 0) is 6.54 Å². The molecule has 4 aromatic rings. The molecule has 0 heterocycles. The van der Waals surface area contributed by atoms with Crippen molar-refractivity contribution in [3.05, 3.63) is 115 Å². The fraction of sp³-hybridized carbons (Fsp3) is 0.143. The van der Waals surface area contributed by atoms with Crippen molar-refractivity contribution in [1.82, 2.24) is 0 Å². The number of hydrogen-bond donors (Lipinski definition) is 2. The summed E-state index contributed by atoms with van der Waals surface area (Å²) >= 11 is 0. The van der Waals surface area contributed by atoms with Gasteiger partial charge >= 0.3 is 7.25 Å². The standard InChI is InChI=1S/C28H28NO2P.BF4/c29-22-23-21-24(17-18-28(23)30)31-19-10-20-32(25-11-4-1-5-12-25,26-13-6-2-7-14-26)27-15-8-3-9-16-27;2-1(3,4)5/h1-9,11-18,21H,10,19-20,22,29H2;/q;-1/p+2. The fourth-order valence-corrected chi connectivity index (χ4v) is 8.54. The number of hydrogen-bond acceptors (Lipinski definition) is 2. The molecule has 0 amide bonds. The van der Waals surface area contributed by atoms with Crippen molar-refractivity contribution in [2.45, 2.75) is 13.0 Å². The molecule has 3 nitrogen and oxygen atoms in total. The van der Waals surface area contributed by atoms with Gasteiger partial charge in [0, 0.05) is 6.42 Å². The van der Waals surface area contributed by atoms with Gasteiger partial charge in [-0.05, 0) is 54.6 Å². The fourth-order valence-electron chi connectivity index (χ4n) is 4.23. The Labute approximate surface area is 215 Å². The first-order chi connectivity index (χ1) is 17.7. The van der Waals surface area contributed by atoms with Gasteiger partial charge in [0.2, 0.25) is 0 Å². The number of halogens is 4. The van der Waals surface area contributed by atoms with E-state index in [-0.39, 0.29) is 5.75 Å². The molecule has 0 spiro atoms. The van der Waals surface area contributed by atoms with E-state index in [4.69, 9.17) is 4.74 Å². The zero-order valence-corrected chi connectivity index (χ0v) is 21.2. The lowest BCUT2D eigenvalue weighted by Crippen LogP contribution is -2.47. The highest BCUT2D eigenvalue weighted by molar-refractivity contribution is 7.95. The third-order valence-electron chi connectivity index (χ3n) is 5.82. The van der Waals surface area contributed by atoms with Crippen LogP contribution in [0.1, 0.15) is 12.0 Å². The minimum Gasteiger partial charge on any atom is -0.507 e. The zero-order valence-electron chi connectivity index (χ0n) is 20.3. The van der Waals surface area contributed by atoms with Crippen LogP contribution in [0.3, 0.4) is 0 Å². The Morgan fingerprint density at radius 3 is 1.54 bits per heavy atom. The molecule has 0 aliphatic carbocycles. The van der Waals surface area contributed by atoms with Crippen molar-refractivity contribution < 1.29 is 32.8 Å². The summed E-state index contributed by atoms with van der Waals surface area (Å²) in [5.74, 6) is 1.05. The van der Waals surface area contributed by atoms with Gasteiger partial charge in [-0.1, -0.05) is 54.6 Å². The van der Waals surface area contributed by atoms with E-state index in [9.17, 15) is 22.4 Å². The van der Waals surface area contributed by atoms with Crippen LogP contribution in [0.15, 0.2) is 109 Å². The van der Waals surface area contributed by atoms with E-state index < -0.39 is 14.5 Å². The summed E-state index contributed by atoms with van der Waals surface area (Å²) in [7, 11) is -7.83. The lowest BCUT2D eigenvalue weighted by atomic mass is 10.2. The molecule has 0 aliphatic rings. The number of ether oxygens (including phenoxy) is 1. The van der Waals surface area contributed by atoms with Gasteiger partial charge in [0.25, 0.3) is 0 Å². The lowest BCUT2D eigenvalue weighted by Gasteiger charge is -2.27. The van der Waals surface area contributed by atoms with Crippen LogP contribution in [-0.4, -0.2) is 25.1 Å². The van der Waals surface area contributed by atoms with Crippen molar-refractivity contribution in [2.24, 2.45) is 0 Å². The highest BCUT2D eigenvalue weighted by atomic mass is 31.2. The first-order valence-corrected chi connectivity index (χ1v) is 13.9. The number of quaternary nitrogens is 1. The van der Waals surface area contributed by atoms with Crippen molar-refractivity contribution in [1.29, 1.82) is 0 Å². The summed E-state index contributed by atoms with van der Waals surface area (Å²) in [6.45, 7) is 1.16. The lowest BCUT2D eigenvalue weighted by molar-refractivity contribution is -0.386. The van der Waals surface area contributed by atoms with E-state index in [2.05, 4.69) is 96.7 Å². The molecule has 0 unspecified atom stereocenters. The third kappa shape index (κ3) is 8.07. The second kappa shape index (κ2) is 13.3. The number of benzene rings is 4. The van der Waals surface area contributed by atoms with Crippen molar-refractivity contribution >= 4 is 30.4 Å². The Bertz CT molecular complexity index is 1130. The van der Waals surface area contributed by atoms with Gasteiger partial charge in [0.05, 0.1) is 18.3 Å². The normalized spacial score (nSPS) is 11.4. The minimum atomic E-state index is -6.00. The Kier molecular flexibility index (Phi) is 10.1. The van der Waals surface area contributed by atoms with Gasteiger partial charge < -0.3 is 32.8 Å². The summed E-state index contributed by atoms with van der Waals surface area (Å²) in [5.41, 5.74) is 4.68. The Morgan fingerprint density at radius 2 is 1.14 bits per heavy atom. The Hall–Kier alpha value is -3.35. The molecular weight excluding hydrogens is 500 g/mol. The molecule has 0 atom stereocenters. The van der Waals surface area contributed by atoms with Crippen LogP contribution in [0.25, 0.3) is 0 Å². The average Bonchev–Trinajstić information content (AvgIpc) is 2.90. The van der Waals surface area contributed by atoms with Gasteiger partial charge in [0.1, 0.15) is 41.2 Å². The van der Waals surface area contributed by atoms with Crippen LogP contribution >= 0.6 is 7.26 Å². The van der Waals surface area contributed by atoms with Crippen LogP contribution in [0, 0.1) is 0 Å². The molecule has 0 fully saturated rings. The zero-order chi connectivity index (χ0) is 26.7. The maximum Gasteiger partial charge on any atom is 0.673 e. The molecule has 37 heavy (non-hydrogen) atoms. The summed E-state index contributed by atoms with van der Waals surface area (Å²) in [6, 6.07) is 38.1. The van der Waals surface area contributed by atoms with Crippen molar-refractivity contribution in [3.8, 4) is 11.5 Å². The number of phenols is 1. The van der Waals surface area contributed by atoms with Crippen LogP contribution in [0.5, 0.6) is 11.5 Å². The largest absolute Gasteiger partial charge is 0.673 e. The predicted octanol–water partition coefficient (Wildman–Crippen LogP) is 5.20. The average molecular weight is 530 g/mol. The van der Waals surface area contributed by atoms with Crippen LogP contribution in [0.2, 0.25) is 0 Å². The highest BCUT2D eigenvalue weighted by Gasteiger charge is 2.44. The first kappa shape index (κ1) is 28.2. The third-order valence-corrected chi connectivity index (χ3v) is 10.3. The van der Waals surface area contributed by atoms with Crippen LogP contribution < -0.4 is 26.4 Å². The summed E-state index contributed by atoms with van der Waals surface area (Å²) < 4.78 is 45.1. The molecule has 0 bridgehead atoms. The molecule has 9 heteroatoms. The van der Waals surface area contributed by atoms with Gasteiger partial charge in [-0.25, -0.2) is 0 Å². The van der Waals surface area contributed by atoms with Gasteiger partial charge in [0.15, 0.2) is 0 Å². The van der Waals surface area contributed by atoms with Crippen molar-refractivity contribution in [2.75, 3.05) is 12.8 Å². The molecule has 0 saturated carbocycles. The van der Waals surface area contributed by atoms with E-state index in [0.717, 1.165) is 23.9 Å². The maximum atomic E-state index is 9.90. The SMILES string of the molecule is F[B-](F)(F)F.[NH3+]Cc1cc(OCCC[P+](c2ccccc2)(c2ccccc2)c2ccccc2)ccc1O. The van der Waals surface area contributed by atoms with E-state index in [1.165, 1.54) is 15.9 Å². The molecule has 0 aliphatic heterocycles. The topological polar surface area (TPSA) is 57.1 Å². The van der Waals surface area contributed by atoms with Gasteiger partial charge in [-0.3, -0.25) is 0 Å². The number of rotatable bonds is 9. The van der Waals surface area contributed by atoms with Crippen LogP contribution in [0.4, 0.5) is 17.3 Å². The summed E-state index contributed by atoms with van der Waals surface area (Å²) in [5, 5.41) is 14.1. The second-order valence-corrected chi connectivity index (χ2v) is 11.9. The van der Waals surface area contributed by atoms with Gasteiger partial charge in [-0.2, -0.15) is 0 Å². The summed E-state index contributed by atoms with van der Waals surface area (Å²) in [6.07, 6.45) is 1.94. The summed E-state index contributed by atoms with van der Waals surface area (Å²) in [4.78, 5) is 0. The molecule has 4 rings (SSSR count). The van der Waals surface area contributed by atoms with E-state index in [1.807, 2.05) is 12.1 Å². The van der Waals surface area contributed by atoms with E-state index in [1.54, 1.807) is 6.07 Å². The highest BCUT2D eigenvalue weighted by Crippen LogP contribution is 2.55. The smallest absolute Gasteiger partial charge is 0.507 e. The maximum absolute atomic E-state index is 9.90. The molecule has 4 aromatic carbocycles. The molecule has 0 saturated heterocycles. The monoisotopic (exact) mass is 530 g/mol. The van der Waals surface area contributed by atoms with E-state index >= 15 is 0 Å². The number of aromatic hydroxyl groups is 1. The van der Waals surface area contributed by atoms with Gasteiger partial charge in [-0.15, -0.1) is 0 Å². The molecule has 194 valence electrons. The quantitative estimate of drug-likeness (QED) is 0.135. The number of phenolic OH excluding ortho intramolecular Hbond substituents is 1. The Morgan fingerprint density at radius 1 is 0.703 bits per heavy atom. The van der Waals surface area contributed by atoms with Crippen molar-refractivity contribution in [3.63, 3.8) is 0 Å². The minimum absolute atomic E-state index is 0.273. The predicted molar refractivity (Wildman–Crippen MR) is 145 cm³/mol.